The SMILES string of the molecule is CCn1ccn2c(=O)nc(N)nc12. The van der Waals surface area contributed by atoms with Gasteiger partial charge in [-0.15, -0.1) is 0 Å². The lowest BCUT2D eigenvalue weighted by Gasteiger charge is -1.98. The van der Waals surface area contributed by atoms with Gasteiger partial charge in [-0.2, -0.15) is 9.97 Å². The number of hydrogen-bond donors (Lipinski definition) is 1. The summed E-state index contributed by atoms with van der Waals surface area (Å²) in [6, 6.07) is 0. The van der Waals surface area contributed by atoms with Crippen molar-refractivity contribution < 1.29 is 0 Å². The molecule has 0 unspecified atom stereocenters. The molecule has 0 saturated heterocycles. The first-order chi connectivity index (χ1) is 6.22. The van der Waals surface area contributed by atoms with E-state index in [9.17, 15) is 4.79 Å². The topological polar surface area (TPSA) is 78.2 Å². The summed E-state index contributed by atoms with van der Waals surface area (Å²) in [5.74, 6) is 0.540. The zero-order chi connectivity index (χ0) is 9.42. The van der Waals surface area contributed by atoms with Gasteiger partial charge < -0.3 is 10.3 Å². The zero-order valence-corrected chi connectivity index (χ0v) is 7.14. The van der Waals surface area contributed by atoms with Gasteiger partial charge in [-0.05, 0) is 6.92 Å². The Balaban J connectivity index is 2.90. The summed E-state index contributed by atoms with van der Waals surface area (Å²) in [5.41, 5.74) is 4.96. The molecule has 0 amide bonds. The summed E-state index contributed by atoms with van der Waals surface area (Å²) >= 11 is 0. The molecule has 0 saturated carbocycles. The Labute approximate surface area is 73.6 Å². The van der Waals surface area contributed by atoms with E-state index in [1.807, 2.05) is 11.5 Å². The Kier molecular flexibility index (Phi) is 1.54. The van der Waals surface area contributed by atoms with Gasteiger partial charge in [0.15, 0.2) is 0 Å². The third-order valence-corrected chi connectivity index (χ3v) is 1.84. The second-order valence-corrected chi connectivity index (χ2v) is 2.62. The van der Waals surface area contributed by atoms with Crippen LogP contribution in [0.1, 0.15) is 6.92 Å². The van der Waals surface area contributed by atoms with Crippen LogP contribution >= 0.6 is 0 Å². The van der Waals surface area contributed by atoms with E-state index >= 15 is 0 Å². The minimum absolute atomic E-state index is 0.0124. The molecular formula is C7H9N5O. The van der Waals surface area contributed by atoms with E-state index in [2.05, 4.69) is 9.97 Å². The lowest BCUT2D eigenvalue weighted by molar-refractivity contribution is 0.770. The van der Waals surface area contributed by atoms with Crippen molar-refractivity contribution >= 4 is 11.7 Å². The van der Waals surface area contributed by atoms with Gasteiger partial charge >= 0.3 is 5.69 Å². The molecule has 2 aromatic heterocycles. The van der Waals surface area contributed by atoms with Crippen LogP contribution in [0.4, 0.5) is 5.95 Å². The average molecular weight is 179 g/mol. The molecule has 0 aliphatic rings. The maximum absolute atomic E-state index is 11.2. The monoisotopic (exact) mass is 179 g/mol. The van der Waals surface area contributed by atoms with Crippen molar-refractivity contribution in [3.05, 3.63) is 22.9 Å². The zero-order valence-electron chi connectivity index (χ0n) is 7.14. The Morgan fingerprint density at radius 3 is 2.92 bits per heavy atom. The van der Waals surface area contributed by atoms with E-state index in [1.165, 1.54) is 4.40 Å². The van der Waals surface area contributed by atoms with Crippen molar-refractivity contribution in [2.24, 2.45) is 0 Å². The van der Waals surface area contributed by atoms with Crippen LogP contribution in [0.15, 0.2) is 17.2 Å². The number of fused-ring (bicyclic) bond motifs is 1. The molecule has 2 aromatic rings. The quantitative estimate of drug-likeness (QED) is 0.639. The van der Waals surface area contributed by atoms with Gasteiger partial charge in [-0.1, -0.05) is 0 Å². The van der Waals surface area contributed by atoms with E-state index < -0.39 is 5.69 Å². The Morgan fingerprint density at radius 2 is 2.23 bits per heavy atom. The maximum Gasteiger partial charge on any atom is 0.357 e. The van der Waals surface area contributed by atoms with E-state index in [1.54, 1.807) is 12.4 Å². The van der Waals surface area contributed by atoms with Crippen LogP contribution in [0.3, 0.4) is 0 Å². The minimum Gasteiger partial charge on any atom is -0.368 e. The van der Waals surface area contributed by atoms with Gasteiger partial charge in [0.2, 0.25) is 11.7 Å². The molecule has 6 nitrogen and oxygen atoms in total. The van der Waals surface area contributed by atoms with Gasteiger partial charge in [0, 0.05) is 18.9 Å². The average Bonchev–Trinajstić information content (AvgIpc) is 2.47. The minimum atomic E-state index is -0.394. The lowest BCUT2D eigenvalue weighted by Crippen LogP contribution is -2.19. The highest BCUT2D eigenvalue weighted by Gasteiger charge is 2.04. The first kappa shape index (κ1) is 7.78. The molecule has 0 spiro atoms. The van der Waals surface area contributed by atoms with Crippen molar-refractivity contribution in [1.82, 2.24) is 18.9 Å². The van der Waals surface area contributed by atoms with E-state index in [4.69, 9.17) is 5.73 Å². The van der Waals surface area contributed by atoms with Gasteiger partial charge in [-0.25, -0.2) is 9.20 Å². The fourth-order valence-corrected chi connectivity index (χ4v) is 1.21. The van der Waals surface area contributed by atoms with E-state index in [0.717, 1.165) is 6.54 Å². The van der Waals surface area contributed by atoms with E-state index in [-0.39, 0.29) is 5.95 Å². The predicted molar refractivity (Wildman–Crippen MR) is 47.3 cm³/mol. The van der Waals surface area contributed by atoms with Gasteiger partial charge in [0.05, 0.1) is 0 Å². The van der Waals surface area contributed by atoms with E-state index in [0.29, 0.717) is 5.78 Å². The molecule has 2 N–H and O–H groups in total. The molecule has 0 atom stereocenters. The van der Waals surface area contributed by atoms with Gasteiger partial charge in [0.25, 0.3) is 0 Å². The second kappa shape index (κ2) is 2.58. The predicted octanol–water partition coefficient (Wildman–Crippen LogP) is -0.507. The van der Waals surface area contributed by atoms with Crippen LogP contribution in [0.25, 0.3) is 5.78 Å². The van der Waals surface area contributed by atoms with Gasteiger partial charge in [-0.3, -0.25) is 0 Å². The summed E-state index contributed by atoms with van der Waals surface area (Å²) < 4.78 is 3.18. The first-order valence-corrected chi connectivity index (χ1v) is 3.93. The lowest BCUT2D eigenvalue weighted by atomic mass is 10.7. The molecule has 0 aliphatic heterocycles. The molecule has 13 heavy (non-hydrogen) atoms. The van der Waals surface area contributed by atoms with Crippen LogP contribution < -0.4 is 11.4 Å². The highest BCUT2D eigenvalue weighted by Crippen LogP contribution is 1.99. The van der Waals surface area contributed by atoms with Crippen LogP contribution in [-0.2, 0) is 6.54 Å². The molecule has 2 heterocycles. The molecule has 68 valence electrons. The standard InChI is InChI=1S/C7H9N5O/c1-2-11-3-4-12-6(11)9-5(8)10-7(12)13/h3-4H,2H2,1H3,(H2,8,10,13). The summed E-state index contributed by atoms with van der Waals surface area (Å²) in [4.78, 5) is 18.7. The number of imidazole rings is 1. The van der Waals surface area contributed by atoms with Crippen LogP contribution in [0.5, 0.6) is 0 Å². The molecule has 6 heteroatoms. The number of aromatic nitrogens is 4. The number of rotatable bonds is 1. The first-order valence-electron chi connectivity index (χ1n) is 3.93. The summed E-state index contributed by atoms with van der Waals surface area (Å²) in [6.07, 6.45) is 3.39. The highest BCUT2D eigenvalue weighted by atomic mass is 16.1. The van der Waals surface area contributed by atoms with Crippen molar-refractivity contribution in [3.8, 4) is 0 Å². The second-order valence-electron chi connectivity index (χ2n) is 2.62. The number of anilines is 1. The Morgan fingerprint density at radius 1 is 1.46 bits per heavy atom. The third-order valence-electron chi connectivity index (χ3n) is 1.84. The smallest absolute Gasteiger partial charge is 0.357 e. The summed E-state index contributed by atoms with van der Waals surface area (Å²) in [7, 11) is 0. The molecular weight excluding hydrogens is 170 g/mol. The van der Waals surface area contributed by atoms with Crippen molar-refractivity contribution in [2.45, 2.75) is 13.5 Å². The molecule has 0 aromatic carbocycles. The molecule has 0 radical (unpaired) electrons. The number of nitrogen functional groups attached to an aromatic ring is 1. The van der Waals surface area contributed by atoms with Crippen molar-refractivity contribution in [3.63, 3.8) is 0 Å². The molecule has 2 rings (SSSR count). The number of nitrogens with two attached hydrogens (primary N) is 1. The Bertz CT molecular complexity index is 497. The number of aryl methyl sites for hydroxylation is 1. The molecule has 0 bridgehead atoms. The number of hydrogen-bond acceptors (Lipinski definition) is 4. The van der Waals surface area contributed by atoms with Crippen LogP contribution in [-0.4, -0.2) is 18.9 Å². The fraction of sp³-hybridized carbons (Fsp3) is 0.286. The fourth-order valence-electron chi connectivity index (χ4n) is 1.21. The highest BCUT2D eigenvalue weighted by molar-refractivity contribution is 5.34. The third kappa shape index (κ3) is 1.07. The molecule has 0 aliphatic carbocycles. The van der Waals surface area contributed by atoms with Crippen LogP contribution in [0, 0.1) is 0 Å². The van der Waals surface area contributed by atoms with Crippen LogP contribution in [0.2, 0.25) is 0 Å². The Hall–Kier alpha value is -1.85. The summed E-state index contributed by atoms with van der Waals surface area (Å²) in [5, 5.41) is 0. The molecule has 0 fully saturated rings. The van der Waals surface area contributed by atoms with Crippen molar-refractivity contribution in [1.29, 1.82) is 0 Å². The largest absolute Gasteiger partial charge is 0.368 e. The normalized spacial score (nSPS) is 10.8. The number of nitrogens with zero attached hydrogens (tertiary/aromatic N) is 4. The van der Waals surface area contributed by atoms with Crippen molar-refractivity contribution in [2.75, 3.05) is 5.73 Å². The van der Waals surface area contributed by atoms with Gasteiger partial charge in [0.1, 0.15) is 0 Å². The maximum atomic E-state index is 11.2. The summed E-state index contributed by atoms with van der Waals surface area (Å²) in [6.45, 7) is 2.70.